The molecule has 0 aliphatic carbocycles. The van der Waals surface area contributed by atoms with E-state index in [1.54, 1.807) is 0 Å². The van der Waals surface area contributed by atoms with Crippen molar-refractivity contribution >= 4 is 45.1 Å². The van der Waals surface area contributed by atoms with Crippen LogP contribution in [0.2, 0.25) is 0 Å². The molecule has 3 aromatic rings. The maximum atomic E-state index is 6.61. The summed E-state index contributed by atoms with van der Waals surface area (Å²) in [7, 11) is 0. The fourth-order valence-corrected chi connectivity index (χ4v) is 6.75. The zero-order chi connectivity index (χ0) is 27.2. The van der Waals surface area contributed by atoms with Crippen LogP contribution < -0.4 is 9.47 Å². The van der Waals surface area contributed by atoms with Gasteiger partial charge < -0.3 is 9.47 Å². The van der Waals surface area contributed by atoms with Crippen LogP contribution in [0.25, 0.3) is 21.5 Å². The molecular weight excluding hydrogens is 505 g/mol. The minimum Gasteiger partial charge on any atom is -0.492 e. The van der Waals surface area contributed by atoms with Gasteiger partial charge in [0.2, 0.25) is 0 Å². The largest absolute Gasteiger partial charge is 0.492 e. The highest BCUT2D eigenvalue weighted by molar-refractivity contribution is 7.99. The summed E-state index contributed by atoms with van der Waals surface area (Å²) in [5.41, 5.74) is 1.40. The third-order valence-corrected chi connectivity index (χ3v) is 9.24. The van der Waals surface area contributed by atoms with Crippen molar-refractivity contribution in [2.75, 3.05) is 36.2 Å². The van der Waals surface area contributed by atoms with Crippen molar-refractivity contribution in [1.82, 2.24) is 0 Å². The van der Waals surface area contributed by atoms with Gasteiger partial charge in [0.15, 0.2) is 0 Å². The van der Waals surface area contributed by atoms with Crippen molar-refractivity contribution in [2.24, 2.45) is 0 Å². The second-order valence-corrected chi connectivity index (χ2v) is 13.7. The Kier molecular flexibility index (Phi) is 13.5. The molecule has 0 aliphatic heterocycles. The zero-order valence-corrected chi connectivity index (χ0v) is 26.2. The van der Waals surface area contributed by atoms with E-state index in [-0.39, 0.29) is 5.41 Å². The summed E-state index contributed by atoms with van der Waals surface area (Å²) in [4.78, 5) is 0. The lowest BCUT2D eigenvalue weighted by Crippen LogP contribution is -2.11. The van der Waals surface area contributed by atoms with Gasteiger partial charge >= 0.3 is 0 Å². The van der Waals surface area contributed by atoms with E-state index in [0.717, 1.165) is 48.3 Å². The Bertz CT molecular complexity index is 1100. The van der Waals surface area contributed by atoms with Crippen LogP contribution in [-0.2, 0) is 5.41 Å². The maximum Gasteiger partial charge on any atom is 0.135 e. The van der Waals surface area contributed by atoms with Gasteiger partial charge in [0.1, 0.15) is 11.5 Å². The molecule has 0 saturated heterocycles. The summed E-state index contributed by atoms with van der Waals surface area (Å²) in [6, 6.07) is 15.5. The van der Waals surface area contributed by atoms with Crippen LogP contribution in [0.15, 0.2) is 42.5 Å². The summed E-state index contributed by atoms with van der Waals surface area (Å²) in [6.45, 7) is 12.9. The molecule has 0 unspecified atom stereocenters. The van der Waals surface area contributed by atoms with Gasteiger partial charge in [0.05, 0.1) is 13.2 Å². The third kappa shape index (κ3) is 9.30. The quantitative estimate of drug-likeness (QED) is 0.115. The van der Waals surface area contributed by atoms with Crippen molar-refractivity contribution < 1.29 is 9.47 Å². The molecule has 0 fully saturated rings. The minimum atomic E-state index is 0.0727. The third-order valence-electron chi connectivity index (χ3n) is 6.93. The standard InChI is InChI=1S/C34H50O2S2/c1-6-8-22-37-24-14-12-20-35-32-28-16-10-11-17-29(28)33(36-21-13-15-25-38-23-9-7-2)31-26-27(34(3,4)5)18-19-30(31)32/h10-11,16-19,26H,6-9,12-15,20-25H2,1-5H3. The number of hydrogen-bond acceptors (Lipinski definition) is 4. The summed E-state index contributed by atoms with van der Waals surface area (Å²) >= 11 is 4.16. The van der Waals surface area contributed by atoms with Gasteiger partial charge in [-0.05, 0) is 78.6 Å². The highest BCUT2D eigenvalue weighted by Crippen LogP contribution is 2.44. The zero-order valence-electron chi connectivity index (χ0n) is 24.6. The molecule has 0 saturated carbocycles. The van der Waals surface area contributed by atoms with Gasteiger partial charge in [0, 0.05) is 21.5 Å². The number of benzene rings is 3. The Morgan fingerprint density at radius 1 is 0.579 bits per heavy atom. The first kappa shape index (κ1) is 31.0. The molecule has 2 nitrogen and oxygen atoms in total. The van der Waals surface area contributed by atoms with Crippen molar-refractivity contribution in [3.05, 3.63) is 48.0 Å². The van der Waals surface area contributed by atoms with Crippen molar-refractivity contribution in [3.8, 4) is 11.5 Å². The van der Waals surface area contributed by atoms with Gasteiger partial charge in [0.25, 0.3) is 0 Å². The monoisotopic (exact) mass is 554 g/mol. The van der Waals surface area contributed by atoms with Gasteiger partial charge in [-0.1, -0.05) is 83.9 Å². The molecule has 0 spiro atoms. The van der Waals surface area contributed by atoms with E-state index in [9.17, 15) is 0 Å². The first-order valence-corrected chi connectivity index (χ1v) is 17.2. The molecule has 38 heavy (non-hydrogen) atoms. The molecule has 0 amide bonds. The van der Waals surface area contributed by atoms with Gasteiger partial charge in [-0.2, -0.15) is 23.5 Å². The second kappa shape index (κ2) is 16.6. The Balaban J connectivity index is 1.81. The average Bonchev–Trinajstić information content (AvgIpc) is 2.91. The van der Waals surface area contributed by atoms with Crippen LogP contribution in [0.4, 0.5) is 0 Å². The van der Waals surface area contributed by atoms with Gasteiger partial charge in [-0.25, -0.2) is 0 Å². The van der Waals surface area contributed by atoms with Crippen LogP contribution in [-0.4, -0.2) is 36.2 Å². The lowest BCUT2D eigenvalue weighted by atomic mass is 9.85. The molecule has 0 atom stereocenters. The smallest absolute Gasteiger partial charge is 0.135 e. The lowest BCUT2D eigenvalue weighted by molar-refractivity contribution is 0.312. The molecule has 0 radical (unpaired) electrons. The Labute approximate surface area is 241 Å². The van der Waals surface area contributed by atoms with E-state index in [2.05, 4.69) is 101 Å². The van der Waals surface area contributed by atoms with Crippen molar-refractivity contribution in [1.29, 1.82) is 0 Å². The van der Waals surface area contributed by atoms with Gasteiger partial charge in [-0.3, -0.25) is 0 Å². The molecule has 3 aromatic carbocycles. The average molecular weight is 555 g/mol. The SMILES string of the molecule is CCCCSCCCCOc1c2ccccc2c(OCCCCSCCCC)c2cc(C(C)(C)C)ccc12. The predicted molar refractivity (Wildman–Crippen MR) is 174 cm³/mol. The Morgan fingerprint density at radius 3 is 1.55 bits per heavy atom. The fourth-order valence-electron chi connectivity index (χ4n) is 4.53. The lowest BCUT2D eigenvalue weighted by Gasteiger charge is -2.22. The van der Waals surface area contributed by atoms with Crippen LogP contribution in [0.1, 0.15) is 91.5 Å². The summed E-state index contributed by atoms with van der Waals surface area (Å²) < 4.78 is 13.2. The number of thioether (sulfide) groups is 2. The fraction of sp³-hybridized carbons (Fsp3) is 0.588. The molecule has 3 rings (SSSR count). The van der Waals surface area contributed by atoms with Crippen molar-refractivity contribution in [2.45, 2.75) is 91.4 Å². The molecule has 0 aliphatic rings. The summed E-state index contributed by atoms with van der Waals surface area (Å²) in [6.07, 6.45) is 9.79. The van der Waals surface area contributed by atoms with Crippen LogP contribution >= 0.6 is 23.5 Å². The van der Waals surface area contributed by atoms with Crippen LogP contribution in [0.3, 0.4) is 0 Å². The molecule has 0 N–H and O–H groups in total. The van der Waals surface area contributed by atoms with Crippen molar-refractivity contribution in [3.63, 3.8) is 0 Å². The highest BCUT2D eigenvalue weighted by atomic mass is 32.2. The van der Waals surface area contributed by atoms with E-state index < -0.39 is 0 Å². The molecule has 4 heteroatoms. The molecule has 0 heterocycles. The number of rotatable bonds is 18. The Hall–Kier alpha value is -1.52. The number of fused-ring (bicyclic) bond motifs is 2. The highest BCUT2D eigenvalue weighted by Gasteiger charge is 2.20. The molecular formula is C34H50O2S2. The molecule has 0 aromatic heterocycles. The van der Waals surface area contributed by atoms with E-state index in [1.165, 1.54) is 77.9 Å². The number of unbranched alkanes of at least 4 members (excludes halogenated alkanes) is 4. The van der Waals surface area contributed by atoms with Crippen LogP contribution in [0, 0.1) is 0 Å². The van der Waals surface area contributed by atoms with E-state index in [1.807, 2.05) is 0 Å². The van der Waals surface area contributed by atoms with Crippen LogP contribution in [0.5, 0.6) is 11.5 Å². The number of hydrogen-bond donors (Lipinski definition) is 0. The van der Waals surface area contributed by atoms with E-state index >= 15 is 0 Å². The van der Waals surface area contributed by atoms with Gasteiger partial charge in [-0.15, -0.1) is 0 Å². The minimum absolute atomic E-state index is 0.0727. The normalized spacial score (nSPS) is 11.9. The number of ether oxygens (including phenoxy) is 2. The summed E-state index contributed by atoms with van der Waals surface area (Å²) in [5, 5.41) is 4.66. The first-order valence-electron chi connectivity index (χ1n) is 14.9. The summed E-state index contributed by atoms with van der Waals surface area (Å²) in [5.74, 6) is 7.03. The molecule has 0 bridgehead atoms. The second-order valence-electron chi connectivity index (χ2n) is 11.3. The first-order chi connectivity index (χ1) is 18.5. The molecule has 210 valence electrons. The topological polar surface area (TPSA) is 18.5 Å². The van der Waals surface area contributed by atoms with E-state index in [0.29, 0.717) is 0 Å². The maximum absolute atomic E-state index is 6.61. The predicted octanol–water partition coefficient (Wildman–Crippen LogP) is 10.7. The van der Waals surface area contributed by atoms with E-state index in [4.69, 9.17) is 9.47 Å². The Morgan fingerprint density at radius 2 is 1.05 bits per heavy atom.